The van der Waals surface area contributed by atoms with Crippen LogP contribution in [0.5, 0.6) is 5.75 Å². The number of ether oxygens (including phenoxy) is 1. The molecule has 1 aliphatic carbocycles. The first kappa shape index (κ1) is 15.6. The molecule has 1 aromatic carbocycles. The molecular formula is C15H23N3O3. The highest BCUT2D eigenvalue weighted by Gasteiger charge is 2.21. The highest BCUT2D eigenvalue weighted by Crippen LogP contribution is 2.18. The maximum atomic E-state index is 9.84. The molecular weight excluding hydrogens is 270 g/mol. The third-order valence-corrected chi connectivity index (χ3v) is 3.76. The van der Waals surface area contributed by atoms with Crippen molar-refractivity contribution in [3.8, 4) is 5.75 Å². The van der Waals surface area contributed by atoms with Gasteiger partial charge in [0.1, 0.15) is 12.4 Å². The first-order chi connectivity index (χ1) is 10.2. The summed E-state index contributed by atoms with van der Waals surface area (Å²) >= 11 is 0. The number of rotatable bonds is 6. The summed E-state index contributed by atoms with van der Waals surface area (Å²) in [6, 6.07) is 7.22. The largest absolute Gasteiger partial charge is 0.492 e. The van der Waals surface area contributed by atoms with E-state index in [1.807, 2.05) is 0 Å². The Labute approximate surface area is 124 Å². The van der Waals surface area contributed by atoms with Crippen LogP contribution in [0, 0.1) is 0 Å². The number of aliphatic hydroxyl groups is 1. The third kappa shape index (κ3) is 4.61. The molecule has 0 saturated heterocycles. The predicted molar refractivity (Wildman–Crippen MR) is 80.7 cm³/mol. The second-order valence-corrected chi connectivity index (χ2v) is 5.27. The molecule has 2 atom stereocenters. The van der Waals surface area contributed by atoms with Gasteiger partial charge in [0.15, 0.2) is 5.84 Å². The molecule has 21 heavy (non-hydrogen) atoms. The van der Waals surface area contributed by atoms with Crippen molar-refractivity contribution < 1.29 is 15.1 Å². The zero-order chi connectivity index (χ0) is 15.1. The van der Waals surface area contributed by atoms with Gasteiger partial charge in [0.2, 0.25) is 0 Å². The van der Waals surface area contributed by atoms with Crippen LogP contribution in [0.3, 0.4) is 0 Å². The summed E-state index contributed by atoms with van der Waals surface area (Å²) in [5.41, 5.74) is 6.13. The highest BCUT2D eigenvalue weighted by molar-refractivity contribution is 5.97. The summed E-state index contributed by atoms with van der Waals surface area (Å²) in [6.45, 7) is 1.23. The van der Waals surface area contributed by atoms with Crippen molar-refractivity contribution in [1.82, 2.24) is 5.32 Å². The summed E-state index contributed by atoms with van der Waals surface area (Å²) in [5, 5.41) is 24.7. The van der Waals surface area contributed by atoms with Gasteiger partial charge in [-0.15, -0.1) is 0 Å². The van der Waals surface area contributed by atoms with E-state index in [4.69, 9.17) is 15.7 Å². The Morgan fingerprint density at radius 3 is 2.67 bits per heavy atom. The Balaban J connectivity index is 1.71. The molecule has 1 aromatic rings. The van der Waals surface area contributed by atoms with Crippen molar-refractivity contribution in [2.45, 2.75) is 37.8 Å². The number of amidine groups is 1. The van der Waals surface area contributed by atoms with E-state index in [1.54, 1.807) is 24.3 Å². The van der Waals surface area contributed by atoms with E-state index in [1.165, 1.54) is 6.42 Å². The number of hydrogen-bond acceptors (Lipinski definition) is 5. The van der Waals surface area contributed by atoms with E-state index < -0.39 is 0 Å². The minimum atomic E-state index is -0.237. The minimum Gasteiger partial charge on any atom is -0.492 e. The molecule has 1 saturated carbocycles. The van der Waals surface area contributed by atoms with Crippen LogP contribution >= 0.6 is 0 Å². The van der Waals surface area contributed by atoms with Crippen LogP contribution in [0.25, 0.3) is 0 Å². The highest BCUT2D eigenvalue weighted by atomic mass is 16.5. The lowest BCUT2D eigenvalue weighted by Gasteiger charge is -2.28. The van der Waals surface area contributed by atoms with Crippen LogP contribution in [0.15, 0.2) is 29.4 Å². The van der Waals surface area contributed by atoms with E-state index in [0.29, 0.717) is 18.7 Å². The molecule has 116 valence electrons. The van der Waals surface area contributed by atoms with Gasteiger partial charge in [-0.05, 0) is 37.1 Å². The summed E-state index contributed by atoms with van der Waals surface area (Å²) in [4.78, 5) is 0. The Morgan fingerprint density at radius 2 is 2.00 bits per heavy atom. The van der Waals surface area contributed by atoms with Crippen molar-refractivity contribution in [1.29, 1.82) is 0 Å². The van der Waals surface area contributed by atoms with E-state index in [-0.39, 0.29) is 18.0 Å². The molecule has 6 heteroatoms. The van der Waals surface area contributed by atoms with Gasteiger partial charge in [0.25, 0.3) is 0 Å². The first-order valence-electron chi connectivity index (χ1n) is 7.33. The molecule has 0 radical (unpaired) electrons. The van der Waals surface area contributed by atoms with Crippen molar-refractivity contribution in [2.75, 3.05) is 13.2 Å². The van der Waals surface area contributed by atoms with Gasteiger partial charge in [-0.2, -0.15) is 0 Å². The van der Waals surface area contributed by atoms with Crippen LogP contribution in [0.2, 0.25) is 0 Å². The molecule has 0 heterocycles. The molecule has 0 spiro atoms. The fraction of sp³-hybridized carbons (Fsp3) is 0.533. The molecule has 0 bridgehead atoms. The quantitative estimate of drug-likeness (QED) is 0.206. The van der Waals surface area contributed by atoms with Gasteiger partial charge in [-0.3, -0.25) is 0 Å². The van der Waals surface area contributed by atoms with E-state index in [2.05, 4.69) is 10.5 Å². The lowest BCUT2D eigenvalue weighted by molar-refractivity contribution is 0.0890. The lowest BCUT2D eigenvalue weighted by atomic mass is 9.93. The van der Waals surface area contributed by atoms with Crippen molar-refractivity contribution in [3.05, 3.63) is 29.8 Å². The fourth-order valence-electron chi connectivity index (χ4n) is 2.54. The molecule has 1 fully saturated rings. The van der Waals surface area contributed by atoms with Gasteiger partial charge >= 0.3 is 0 Å². The smallest absolute Gasteiger partial charge is 0.170 e. The second-order valence-electron chi connectivity index (χ2n) is 5.27. The fourth-order valence-corrected chi connectivity index (χ4v) is 2.54. The molecule has 1 aliphatic rings. The summed E-state index contributed by atoms with van der Waals surface area (Å²) in [6.07, 6.45) is 3.95. The number of oxime groups is 1. The lowest BCUT2D eigenvalue weighted by Crippen LogP contribution is -2.43. The normalized spacial score (nSPS) is 23.0. The first-order valence-corrected chi connectivity index (χ1v) is 7.33. The van der Waals surface area contributed by atoms with Gasteiger partial charge in [-0.25, -0.2) is 0 Å². The average molecular weight is 293 g/mol. The number of nitrogens with one attached hydrogen (secondary N) is 1. The summed E-state index contributed by atoms with van der Waals surface area (Å²) in [5.74, 6) is 0.810. The zero-order valence-corrected chi connectivity index (χ0v) is 12.0. The van der Waals surface area contributed by atoms with Crippen LogP contribution in [-0.2, 0) is 0 Å². The van der Waals surface area contributed by atoms with Crippen LogP contribution < -0.4 is 15.8 Å². The molecule has 6 nitrogen and oxygen atoms in total. The molecule has 5 N–H and O–H groups in total. The van der Waals surface area contributed by atoms with Crippen LogP contribution in [-0.4, -0.2) is 41.4 Å². The second kappa shape index (κ2) is 7.85. The van der Waals surface area contributed by atoms with Gasteiger partial charge < -0.3 is 26.1 Å². The number of aliphatic hydroxyl groups excluding tert-OH is 1. The SMILES string of the molecule is NC(=NO)c1ccc(OCCNC2CCCCC2O)cc1. The number of nitrogens with zero attached hydrogens (tertiary/aromatic N) is 1. The Bertz CT molecular complexity index is 462. The monoisotopic (exact) mass is 293 g/mol. The Hall–Kier alpha value is -1.79. The van der Waals surface area contributed by atoms with Crippen LogP contribution in [0.1, 0.15) is 31.2 Å². The maximum absolute atomic E-state index is 9.84. The van der Waals surface area contributed by atoms with Crippen LogP contribution in [0.4, 0.5) is 0 Å². The van der Waals surface area contributed by atoms with Crippen molar-refractivity contribution >= 4 is 5.84 Å². The number of benzene rings is 1. The third-order valence-electron chi connectivity index (χ3n) is 3.76. The van der Waals surface area contributed by atoms with Gasteiger partial charge in [0.05, 0.1) is 6.10 Å². The number of nitrogens with two attached hydrogens (primary N) is 1. The standard InChI is InChI=1S/C15H23N3O3/c16-15(18-20)11-5-7-12(8-6-11)21-10-9-17-13-3-1-2-4-14(13)19/h5-8,13-14,17,19-20H,1-4,9-10H2,(H2,16,18). The van der Waals surface area contributed by atoms with E-state index in [9.17, 15) is 5.11 Å². The predicted octanol–water partition coefficient (Wildman–Crippen LogP) is 1.05. The summed E-state index contributed by atoms with van der Waals surface area (Å²) < 4.78 is 5.61. The molecule has 0 aliphatic heterocycles. The minimum absolute atomic E-state index is 0.0782. The molecule has 2 unspecified atom stereocenters. The van der Waals surface area contributed by atoms with Crippen molar-refractivity contribution in [2.24, 2.45) is 10.9 Å². The zero-order valence-electron chi connectivity index (χ0n) is 12.0. The summed E-state index contributed by atoms with van der Waals surface area (Å²) in [7, 11) is 0. The Kier molecular flexibility index (Phi) is 5.83. The van der Waals surface area contributed by atoms with E-state index in [0.717, 1.165) is 25.0 Å². The van der Waals surface area contributed by atoms with Gasteiger partial charge in [0, 0.05) is 18.2 Å². The number of hydrogen-bond donors (Lipinski definition) is 4. The maximum Gasteiger partial charge on any atom is 0.170 e. The van der Waals surface area contributed by atoms with Gasteiger partial charge in [-0.1, -0.05) is 18.0 Å². The van der Waals surface area contributed by atoms with E-state index >= 15 is 0 Å². The molecule has 0 amide bonds. The average Bonchev–Trinajstić information content (AvgIpc) is 2.53. The molecule has 0 aromatic heterocycles. The molecule has 2 rings (SSSR count). The Morgan fingerprint density at radius 1 is 1.29 bits per heavy atom. The topological polar surface area (TPSA) is 100 Å². The van der Waals surface area contributed by atoms with Crippen molar-refractivity contribution in [3.63, 3.8) is 0 Å².